The third-order valence-corrected chi connectivity index (χ3v) is 5.52. The van der Waals surface area contributed by atoms with Crippen molar-refractivity contribution in [1.29, 1.82) is 0 Å². The maximum absolute atomic E-state index is 12.4. The molecule has 9 heteroatoms. The Morgan fingerprint density at radius 2 is 1.48 bits per heavy atom. The fourth-order valence-electron chi connectivity index (χ4n) is 2.48. The van der Waals surface area contributed by atoms with Gasteiger partial charge in [-0.15, -0.1) is 0 Å². The Kier molecular flexibility index (Phi) is 2.70. The SMILES string of the molecule is O=C1NC(=O)C(C2C(=O)c3ccccc3S2(=O)=O)C(=O)N1. The molecule has 2 heterocycles. The van der Waals surface area contributed by atoms with Gasteiger partial charge in [0.05, 0.1) is 4.90 Å². The molecule has 8 nitrogen and oxygen atoms in total. The molecule has 1 aromatic rings. The zero-order chi connectivity index (χ0) is 15.4. The second kappa shape index (κ2) is 4.22. The minimum atomic E-state index is -4.16. The summed E-state index contributed by atoms with van der Waals surface area (Å²) in [6.45, 7) is 0. The molecular weight excluding hydrogens is 300 g/mol. The first-order valence-corrected chi connectivity index (χ1v) is 7.41. The molecule has 0 bridgehead atoms. The highest BCUT2D eigenvalue weighted by Crippen LogP contribution is 2.35. The van der Waals surface area contributed by atoms with Gasteiger partial charge >= 0.3 is 6.03 Å². The topological polar surface area (TPSA) is 126 Å². The van der Waals surface area contributed by atoms with Gasteiger partial charge in [-0.05, 0) is 6.07 Å². The van der Waals surface area contributed by atoms with Gasteiger partial charge in [0, 0.05) is 5.56 Å². The summed E-state index contributed by atoms with van der Waals surface area (Å²) in [6, 6.07) is 4.45. The summed E-state index contributed by atoms with van der Waals surface area (Å²) in [6.07, 6.45) is 0. The summed E-state index contributed by atoms with van der Waals surface area (Å²) < 4.78 is 24.8. The van der Waals surface area contributed by atoms with Gasteiger partial charge in [0.1, 0.15) is 11.2 Å². The number of sulfone groups is 1. The summed E-state index contributed by atoms with van der Waals surface area (Å²) in [5, 5.41) is 1.75. The van der Waals surface area contributed by atoms with E-state index in [1.807, 2.05) is 0 Å². The van der Waals surface area contributed by atoms with Crippen LogP contribution in [-0.2, 0) is 19.4 Å². The van der Waals surface area contributed by atoms with Crippen LogP contribution in [0.25, 0.3) is 0 Å². The summed E-state index contributed by atoms with van der Waals surface area (Å²) >= 11 is 0. The maximum atomic E-state index is 12.4. The number of urea groups is 1. The van der Waals surface area contributed by atoms with E-state index in [1.165, 1.54) is 24.3 Å². The lowest BCUT2D eigenvalue weighted by Gasteiger charge is -2.23. The van der Waals surface area contributed by atoms with Crippen molar-refractivity contribution in [1.82, 2.24) is 10.6 Å². The van der Waals surface area contributed by atoms with Crippen LogP contribution < -0.4 is 10.6 Å². The number of carbonyl (C=O) groups is 4. The number of fused-ring (bicyclic) bond motifs is 1. The number of hydrogen-bond donors (Lipinski definition) is 2. The third-order valence-electron chi connectivity index (χ3n) is 3.39. The molecule has 1 unspecified atom stereocenters. The predicted octanol–water partition coefficient (Wildman–Crippen LogP) is -0.993. The zero-order valence-corrected chi connectivity index (χ0v) is 11.1. The smallest absolute Gasteiger partial charge is 0.293 e. The normalized spacial score (nSPS) is 24.5. The van der Waals surface area contributed by atoms with E-state index in [2.05, 4.69) is 0 Å². The molecule has 21 heavy (non-hydrogen) atoms. The Morgan fingerprint density at radius 1 is 0.905 bits per heavy atom. The molecule has 1 aromatic carbocycles. The van der Waals surface area contributed by atoms with Crippen molar-refractivity contribution in [3.8, 4) is 0 Å². The van der Waals surface area contributed by atoms with Crippen LogP contribution in [0.3, 0.4) is 0 Å². The van der Waals surface area contributed by atoms with Crippen LogP contribution in [0.15, 0.2) is 29.2 Å². The largest absolute Gasteiger partial charge is 0.328 e. The Bertz CT molecular complexity index is 793. The molecule has 0 saturated carbocycles. The number of ketones is 1. The van der Waals surface area contributed by atoms with Gasteiger partial charge in [-0.2, -0.15) is 0 Å². The number of barbiturate groups is 1. The van der Waals surface area contributed by atoms with Crippen LogP contribution >= 0.6 is 0 Å². The van der Waals surface area contributed by atoms with E-state index in [9.17, 15) is 27.6 Å². The second-order valence-electron chi connectivity index (χ2n) is 4.61. The molecule has 0 aliphatic carbocycles. The van der Waals surface area contributed by atoms with E-state index in [1.54, 1.807) is 10.6 Å². The number of hydrogen-bond acceptors (Lipinski definition) is 6. The van der Waals surface area contributed by atoms with Crippen LogP contribution in [0.1, 0.15) is 10.4 Å². The molecule has 1 atom stereocenters. The molecule has 2 aliphatic heterocycles. The number of imide groups is 2. The number of nitrogens with one attached hydrogen (secondary N) is 2. The van der Waals surface area contributed by atoms with Gasteiger partial charge in [0.15, 0.2) is 15.6 Å². The van der Waals surface area contributed by atoms with Gasteiger partial charge < -0.3 is 0 Å². The summed E-state index contributed by atoms with van der Waals surface area (Å²) in [7, 11) is -4.16. The lowest BCUT2D eigenvalue weighted by Crippen LogP contribution is -2.60. The number of rotatable bonds is 1. The molecule has 0 spiro atoms. The number of Topliss-reactive ketones (excluding diaryl/α,β-unsaturated/α-hetero) is 1. The highest BCUT2D eigenvalue weighted by atomic mass is 32.2. The Labute approximate surface area is 118 Å². The Balaban J connectivity index is 2.13. The second-order valence-corrected chi connectivity index (χ2v) is 6.65. The van der Waals surface area contributed by atoms with E-state index >= 15 is 0 Å². The van der Waals surface area contributed by atoms with Crippen LogP contribution in [0, 0.1) is 5.92 Å². The van der Waals surface area contributed by atoms with E-state index in [0.717, 1.165) is 0 Å². The minimum Gasteiger partial charge on any atom is -0.293 e. The van der Waals surface area contributed by atoms with Crippen molar-refractivity contribution in [2.45, 2.75) is 10.1 Å². The number of amides is 4. The molecular formula is C12H8N2O6S. The summed E-state index contributed by atoms with van der Waals surface area (Å²) in [5.41, 5.74) is -0.0556. The first-order valence-electron chi connectivity index (χ1n) is 5.87. The van der Waals surface area contributed by atoms with Crippen molar-refractivity contribution < 1.29 is 27.6 Å². The number of benzene rings is 1. The first kappa shape index (κ1) is 13.4. The molecule has 4 amide bonds. The molecule has 1 fully saturated rings. The molecule has 2 aliphatic rings. The van der Waals surface area contributed by atoms with Gasteiger partial charge in [0.25, 0.3) is 0 Å². The van der Waals surface area contributed by atoms with Gasteiger partial charge in [-0.3, -0.25) is 25.0 Å². The fourth-order valence-corrected chi connectivity index (χ4v) is 4.52. The molecule has 1 saturated heterocycles. The lowest BCUT2D eigenvalue weighted by molar-refractivity contribution is -0.135. The van der Waals surface area contributed by atoms with Gasteiger partial charge in [-0.1, -0.05) is 18.2 Å². The highest BCUT2D eigenvalue weighted by Gasteiger charge is 2.55. The molecule has 2 N–H and O–H groups in total. The van der Waals surface area contributed by atoms with Crippen molar-refractivity contribution in [3.05, 3.63) is 29.8 Å². The first-order chi connectivity index (χ1) is 9.84. The lowest BCUT2D eigenvalue weighted by atomic mass is 9.95. The average Bonchev–Trinajstić information content (AvgIpc) is 2.59. The summed E-state index contributed by atoms with van der Waals surface area (Å²) in [5.74, 6) is -4.81. The van der Waals surface area contributed by atoms with Crippen LogP contribution in [0.2, 0.25) is 0 Å². The molecule has 0 aromatic heterocycles. The highest BCUT2D eigenvalue weighted by molar-refractivity contribution is 7.93. The Morgan fingerprint density at radius 3 is 2.05 bits per heavy atom. The molecule has 3 rings (SSSR count). The van der Waals surface area contributed by atoms with Crippen LogP contribution in [-0.4, -0.2) is 37.3 Å². The van der Waals surface area contributed by atoms with E-state index in [4.69, 9.17) is 0 Å². The predicted molar refractivity (Wildman–Crippen MR) is 66.9 cm³/mol. The van der Waals surface area contributed by atoms with Gasteiger partial charge in [0.2, 0.25) is 11.8 Å². The minimum absolute atomic E-state index is 0.0556. The van der Waals surface area contributed by atoms with Crippen molar-refractivity contribution >= 4 is 33.5 Å². The van der Waals surface area contributed by atoms with Crippen molar-refractivity contribution in [2.75, 3.05) is 0 Å². The van der Waals surface area contributed by atoms with Crippen molar-refractivity contribution in [2.24, 2.45) is 5.92 Å². The van der Waals surface area contributed by atoms with Gasteiger partial charge in [-0.25, -0.2) is 13.2 Å². The van der Waals surface area contributed by atoms with Crippen LogP contribution in [0.5, 0.6) is 0 Å². The molecule has 108 valence electrons. The zero-order valence-electron chi connectivity index (χ0n) is 10.3. The van der Waals surface area contributed by atoms with Crippen LogP contribution in [0.4, 0.5) is 4.79 Å². The fraction of sp³-hybridized carbons (Fsp3) is 0.167. The molecule has 0 radical (unpaired) electrons. The number of carbonyl (C=O) groups excluding carboxylic acids is 4. The van der Waals surface area contributed by atoms with E-state index < -0.39 is 44.6 Å². The standard InChI is InChI=1S/C12H8N2O6S/c15-8-5-3-1-2-4-6(5)21(19,20)9(8)7-10(16)13-12(18)14-11(7)17/h1-4,7,9H,(H2,13,14,16,17,18). The Hall–Kier alpha value is -2.55. The average molecular weight is 308 g/mol. The van der Waals surface area contributed by atoms with E-state index in [0.29, 0.717) is 0 Å². The quantitative estimate of drug-likeness (QED) is 0.641. The summed E-state index contributed by atoms with van der Waals surface area (Å²) in [4.78, 5) is 46.6. The van der Waals surface area contributed by atoms with Crippen molar-refractivity contribution in [3.63, 3.8) is 0 Å². The monoisotopic (exact) mass is 308 g/mol. The van der Waals surface area contributed by atoms with E-state index in [-0.39, 0.29) is 10.5 Å². The maximum Gasteiger partial charge on any atom is 0.328 e. The third kappa shape index (κ3) is 1.77.